The van der Waals surface area contributed by atoms with Crippen molar-refractivity contribution in [3.8, 4) is 0 Å². The minimum atomic E-state index is 0.382. The number of imidazole rings is 1. The Hall–Kier alpha value is -1.13. The summed E-state index contributed by atoms with van der Waals surface area (Å²) in [6.07, 6.45) is 4.99. The van der Waals surface area contributed by atoms with Gasteiger partial charge in [-0.2, -0.15) is 0 Å². The molecule has 2 N–H and O–H groups in total. The van der Waals surface area contributed by atoms with Crippen molar-refractivity contribution in [1.82, 2.24) is 9.55 Å². The van der Waals surface area contributed by atoms with Crippen LogP contribution in [-0.4, -0.2) is 16.1 Å². The Balaban J connectivity index is 2.25. The molecule has 0 fully saturated rings. The fourth-order valence-electron chi connectivity index (χ4n) is 2.48. The van der Waals surface area contributed by atoms with E-state index >= 15 is 0 Å². The number of nitrogens with zero attached hydrogens (tertiary/aromatic N) is 2. The highest BCUT2D eigenvalue weighted by molar-refractivity contribution is 7.10. The quantitative estimate of drug-likeness (QED) is 0.881. The summed E-state index contributed by atoms with van der Waals surface area (Å²) in [6, 6.07) is 2.22. The Morgan fingerprint density at radius 3 is 2.84 bits per heavy atom. The van der Waals surface area contributed by atoms with Gasteiger partial charge in [-0.25, -0.2) is 4.98 Å². The number of hydrogen-bond acceptors (Lipinski definition) is 3. The zero-order valence-electron chi connectivity index (χ0n) is 12.0. The SMILES string of the molecule is CCc1ccsc1Cn1cncc1C(CN)C(C)C. The topological polar surface area (TPSA) is 43.8 Å². The Labute approximate surface area is 119 Å². The van der Waals surface area contributed by atoms with Crippen molar-refractivity contribution >= 4 is 11.3 Å². The number of aromatic nitrogens is 2. The van der Waals surface area contributed by atoms with Crippen LogP contribution < -0.4 is 5.73 Å². The van der Waals surface area contributed by atoms with E-state index in [1.54, 1.807) is 0 Å². The normalized spacial score (nSPS) is 13.1. The molecule has 0 aliphatic rings. The third-order valence-electron chi connectivity index (χ3n) is 3.72. The minimum absolute atomic E-state index is 0.382. The van der Waals surface area contributed by atoms with Gasteiger partial charge in [0.05, 0.1) is 12.9 Å². The summed E-state index contributed by atoms with van der Waals surface area (Å²) in [6.45, 7) is 8.24. The lowest BCUT2D eigenvalue weighted by atomic mass is 9.93. The maximum absolute atomic E-state index is 5.92. The van der Waals surface area contributed by atoms with Crippen LogP contribution in [0.5, 0.6) is 0 Å². The smallest absolute Gasteiger partial charge is 0.0951 e. The molecule has 0 aromatic carbocycles. The molecule has 0 aliphatic carbocycles. The zero-order chi connectivity index (χ0) is 13.8. The van der Waals surface area contributed by atoms with Crippen molar-refractivity contribution in [2.75, 3.05) is 6.54 Å². The van der Waals surface area contributed by atoms with Crippen LogP contribution in [0.4, 0.5) is 0 Å². The number of aryl methyl sites for hydroxylation is 1. The molecule has 0 bridgehead atoms. The first-order valence-electron chi connectivity index (χ1n) is 6.92. The molecule has 1 unspecified atom stereocenters. The number of rotatable bonds is 6. The molecule has 2 aromatic rings. The summed E-state index contributed by atoms with van der Waals surface area (Å²) >= 11 is 1.83. The van der Waals surface area contributed by atoms with Gasteiger partial charge in [-0.05, 0) is 29.3 Å². The van der Waals surface area contributed by atoms with Gasteiger partial charge >= 0.3 is 0 Å². The average Bonchev–Trinajstić information content (AvgIpc) is 3.00. The highest BCUT2D eigenvalue weighted by atomic mass is 32.1. The van der Waals surface area contributed by atoms with Crippen LogP contribution in [-0.2, 0) is 13.0 Å². The average molecular weight is 277 g/mol. The van der Waals surface area contributed by atoms with Crippen LogP contribution in [0, 0.1) is 5.92 Å². The second-order valence-corrected chi connectivity index (χ2v) is 6.26. The molecule has 4 heteroatoms. The first kappa shape index (κ1) is 14.3. The molecule has 3 nitrogen and oxygen atoms in total. The fraction of sp³-hybridized carbons (Fsp3) is 0.533. The fourth-order valence-corrected chi connectivity index (χ4v) is 3.46. The van der Waals surface area contributed by atoms with Crippen molar-refractivity contribution in [2.45, 2.75) is 39.7 Å². The lowest BCUT2D eigenvalue weighted by Gasteiger charge is -2.20. The van der Waals surface area contributed by atoms with Gasteiger partial charge < -0.3 is 10.3 Å². The molecule has 2 aromatic heterocycles. The monoisotopic (exact) mass is 277 g/mol. The third-order valence-corrected chi connectivity index (χ3v) is 4.66. The summed E-state index contributed by atoms with van der Waals surface area (Å²) in [5.74, 6) is 0.918. The summed E-state index contributed by atoms with van der Waals surface area (Å²) < 4.78 is 2.25. The van der Waals surface area contributed by atoms with Crippen LogP contribution in [0.25, 0.3) is 0 Å². The number of thiophene rings is 1. The van der Waals surface area contributed by atoms with Crippen LogP contribution in [0.1, 0.15) is 42.8 Å². The standard InChI is InChI=1S/C15H23N3S/c1-4-12-5-6-19-15(12)9-18-10-17-8-14(18)13(7-16)11(2)3/h5-6,8,10-11,13H,4,7,9,16H2,1-3H3. The van der Waals surface area contributed by atoms with Crippen LogP contribution in [0.2, 0.25) is 0 Å². The highest BCUT2D eigenvalue weighted by Gasteiger charge is 2.18. The molecule has 0 spiro atoms. The number of nitrogens with two attached hydrogens (primary N) is 1. The van der Waals surface area contributed by atoms with Crippen LogP contribution in [0.3, 0.4) is 0 Å². The van der Waals surface area contributed by atoms with Crippen molar-refractivity contribution in [3.05, 3.63) is 40.1 Å². The van der Waals surface area contributed by atoms with Gasteiger partial charge in [0.25, 0.3) is 0 Å². The third kappa shape index (κ3) is 3.07. The van der Waals surface area contributed by atoms with E-state index in [9.17, 15) is 0 Å². The number of hydrogen-bond donors (Lipinski definition) is 1. The molecule has 19 heavy (non-hydrogen) atoms. The Bertz CT molecular complexity index is 513. The maximum Gasteiger partial charge on any atom is 0.0951 e. The molecule has 1 atom stereocenters. The summed E-state index contributed by atoms with van der Waals surface area (Å²) in [4.78, 5) is 5.75. The zero-order valence-corrected chi connectivity index (χ0v) is 12.8. The molecular formula is C15H23N3S. The van der Waals surface area contributed by atoms with Crippen molar-refractivity contribution in [1.29, 1.82) is 0 Å². The largest absolute Gasteiger partial charge is 0.330 e. The van der Waals surface area contributed by atoms with E-state index in [2.05, 4.69) is 41.8 Å². The molecule has 2 heterocycles. The van der Waals surface area contributed by atoms with Crippen molar-refractivity contribution in [2.24, 2.45) is 11.7 Å². The van der Waals surface area contributed by atoms with Gasteiger partial charge in [0.2, 0.25) is 0 Å². The van der Waals surface area contributed by atoms with E-state index in [1.807, 2.05) is 23.9 Å². The first-order valence-corrected chi connectivity index (χ1v) is 7.80. The lowest BCUT2D eigenvalue weighted by molar-refractivity contribution is 0.478. The summed E-state index contributed by atoms with van der Waals surface area (Å²) in [5.41, 5.74) is 8.63. The molecule has 104 valence electrons. The van der Waals surface area contributed by atoms with E-state index in [0.29, 0.717) is 18.4 Å². The van der Waals surface area contributed by atoms with Gasteiger partial charge in [0, 0.05) is 29.2 Å². The van der Waals surface area contributed by atoms with Gasteiger partial charge in [0.15, 0.2) is 0 Å². The van der Waals surface area contributed by atoms with E-state index in [1.165, 1.54) is 16.1 Å². The van der Waals surface area contributed by atoms with Gasteiger partial charge in [-0.1, -0.05) is 20.8 Å². The maximum atomic E-state index is 5.92. The van der Waals surface area contributed by atoms with Crippen LogP contribution in [0.15, 0.2) is 24.0 Å². The second-order valence-electron chi connectivity index (χ2n) is 5.26. The molecule has 0 aliphatic heterocycles. The Morgan fingerprint density at radius 1 is 1.42 bits per heavy atom. The summed E-state index contributed by atoms with van der Waals surface area (Å²) in [7, 11) is 0. The second kappa shape index (κ2) is 6.35. The van der Waals surface area contributed by atoms with Gasteiger partial charge in [0.1, 0.15) is 0 Å². The predicted octanol–water partition coefficient (Wildman–Crippen LogP) is 3.25. The lowest BCUT2D eigenvalue weighted by Crippen LogP contribution is -2.21. The Morgan fingerprint density at radius 2 is 2.21 bits per heavy atom. The van der Waals surface area contributed by atoms with Crippen molar-refractivity contribution < 1.29 is 0 Å². The van der Waals surface area contributed by atoms with Gasteiger partial charge in [-0.3, -0.25) is 0 Å². The first-order chi connectivity index (χ1) is 9.17. The molecule has 0 radical (unpaired) electrons. The molecule has 0 saturated heterocycles. The van der Waals surface area contributed by atoms with E-state index in [4.69, 9.17) is 5.73 Å². The van der Waals surface area contributed by atoms with Gasteiger partial charge in [-0.15, -0.1) is 11.3 Å². The van der Waals surface area contributed by atoms with E-state index in [-0.39, 0.29) is 0 Å². The highest BCUT2D eigenvalue weighted by Crippen LogP contribution is 2.25. The Kier molecular flexibility index (Phi) is 4.77. The van der Waals surface area contributed by atoms with Crippen LogP contribution >= 0.6 is 11.3 Å². The van der Waals surface area contributed by atoms with E-state index in [0.717, 1.165) is 13.0 Å². The van der Waals surface area contributed by atoms with E-state index < -0.39 is 0 Å². The predicted molar refractivity (Wildman–Crippen MR) is 81.7 cm³/mol. The molecule has 2 rings (SSSR count). The minimum Gasteiger partial charge on any atom is -0.330 e. The summed E-state index contributed by atoms with van der Waals surface area (Å²) in [5, 5.41) is 2.17. The van der Waals surface area contributed by atoms with Crippen molar-refractivity contribution in [3.63, 3.8) is 0 Å². The molecule has 0 amide bonds. The molecule has 0 saturated carbocycles. The molecular weight excluding hydrogens is 254 g/mol.